The lowest BCUT2D eigenvalue weighted by molar-refractivity contribution is 0.133. The van der Waals surface area contributed by atoms with Crippen molar-refractivity contribution in [2.75, 3.05) is 20.1 Å². The average molecular weight is 267 g/mol. The van der Waals surface area contributed by atoms with Gasteiger partial charge in [-0.25, -0.2) is 4.98 Å². The van der Waals surface area contributed by atoms with Crippen molar-refractivity contribution < 1.29 is 0 Å². The third-order valence-corrected chi connectivity index (χ3v) is 4.88. The number of hydrogen-bond acceptors (Lipinski definition) is 4. The summed E-state index contributed by atoms with van der Waals surface area (Å²) >= 11 is 1.87. The Morgan fingerprint density at radius 2 is 2.22 bits per heavy atom. The van der Waals surface area contributed by atoms with Gasteiger partial charge in [0, 0.05) is 17.5 Å². The number of nitrogens with one attached hydrogen (secondary N) is 1. The number of likely N-dealkylation sites (tertiary alicyclic amines) is 1. The smallest absolute Gasteiger partial charge is 0.0900 e. The monoisotopic (exact) mass is 267 g/mol. The summed E-state index contributed by atoms with van der Waals surface area (Å²) in [4.78, 5) is 8.67. The molecule has 1 aliphatic heterocycles. The second-order valence-electron chi connectivity index (χ2n) is 5.25. The van der Waals surface area contributed by atoms with Crippen LogP contribution >= 0.6 is 11.3 Å². The van der Waals surface area contributed by atoms with E-state index in [1.165, 1.54) is 47.8 Å². The van der Waals surface area contributed by atoms with Gasteiger partial charge < -0.3 is 5.32 Å². The Hall–Kier alpha value is -0.450. The van der Waals surface area contributed by atoms with Crippen LogP contribution in [-0.2, 0) is 6.54 Å². The summed E-state index contributed by atoms with van der Waals surface area (Å²) in [5.74, 6) is 0. The Kier molecular flexibility index (Phi) is 5.15. The van der Waals surface area contributed by atoms with E-state index in [0.29, 0.717) is 0 Å². The van der Waals surface area contributed by atoms with Gasteiger partial charge in [-0.1, -0.05) is 6.42 Å². The van der Waals surface area contributed by atoms with E-state index in [0.717, 1.165) is 19.1 Å². The van der Waals surface area contributed by atoms with E-state index in [-0.39, 0.29) is 0 Å². The zero-order valence-electron chi connectivity index (χ0n) is 11.8. The average Bonchev–Trinajstić information content (AvgIpc) is 2.67. The van der Waals surface area contributed by atoms with Crippen molar-refractivity contribution >= 4 is 11.3 Å². The van der Waals surface area contributed by atoms with E-state index >= 15 is 0 Å². The minimum atomic E-state index is 0.757. The van der Waals surface area contributed by atoms with E-state index in [9.17, 15) is 0 Å². The van der Waals surface area contributed by atoms with E-state index in [4.69, 9.17) is 0 Å². The summed E-state index contributed by atoms with van der Waals surface area (Å²) in [6.45, 7) is 7.74. The van der Waals surface area contributed by atoms with Gasteiger partial charge in [-0.05, 0) is 53.2 Å². The highest BCUT2D eigenvalue weighted by molar-refractivity contribution is 7.11. The molecule has 1 aromatic heterocycles. The molecular formula is C14H25N3S. The molecule has 1 unspecified atom stereocenters. The zero-order valence-corrected chi connectivity index (χ0v) is 12.6. The molecule has 1 N–H and O–H groups in total. The number of hydrogen-bond donors (Lipinski definition) is 1. The van der Waals surface area contributed by atoms with E-state index in [2.05, 4.69) is 29.0 Å². The topological polar surface area (TPSA) is 28.2 Å². The fourth-order valence-electron chi connectivity index (χ4n) is 2.81. The number of nitrogens with zero attached hydrogens (tertiary/aromatic N) is 2. The van der Waals surface area contributed by atoms with Gasteiger partial charge in [0.2, 0.25) is 0 Å². The van der Waals surface area contributed by atoms with Crippen LogP contribution in [0, 0.1) is 13.8 Å². The predicted octanol–water partition coefficient (Wildman–Crippen LogP) is 2.72. The summed E-state index contributed by atoms with van der Waals surface area (Å²) in [7, 11) is 2.05. The van der Waals surface area contributed by atoms with Gasteiger partial charge in [-0.2, -0.15) is 0 Å². The van der Waals surface area contributed by atoms with Crippen molar-refractivity contribution in [1.82, 2.24) is 15.2 Å². The Balaban J connectivity index is 1.98. The van der Waals surface area contributed by atoms with Crippen LogP contribution in [0.3, 0.4) is 0 Å². The minimum absolute atomic E-state index is 0.757. The second-order valence-corrected chi connectivity index (χ2v) is 6.54. The van der Waals surface area contributed by atoms with Crippen molar-refractivity contribution in [2.24, 2.45) is 0 Å². The summed E-state index contributed by atoms with van der Waals surface area (Å²) in [5.41, 5.74) is 1.23. The molecule has 1 fully saturated rings. The molecule has 1 aliphatic rings. The maximum Gasteiger partial charge on any atom is 0.0900 e. The molecule has 1 saturated heterocycles. The summed E-state index contributed by atoms with van der Waals surface area (Å²) in [6, 6.07) is 0.757. The molecule has 2 rings (SSSR count). The van der Waals surface area contributed by atoms with Crippen LogP contribution in [0.25, 0.3) is 0 Å². The van der Waals surface area contributed by atoms with E-state index in [1.807, 2.05) is 18.4 Å². The number of rotatable bonds is 5. The van der Waals surface area contributed by atoms with Crippen LogP contribution in [0.2, 0.25) is 0 Å². The SMILES string of the molecule is CNCCC1CCCCN1Cc1sc(C)nc1C. The Bertz CT molecular complexity index is 375. The molecule has 18 heavy (non-hydrogen) atoms. The fraction of sp³-hybridized carbons (Fsp3) is 0.786. The van der Waals surface area contributed by atoms with Crippen LogP contribution < -0.4 is 5.32 Å². The first-order valence-corrected chi connectivity index (χ1v) is 7.84. The molecule has 0 saturated carbocycles. The lowest BCUT2D eigenvalue weighted by atomic mass is 9.99. The normalized spacial score (nSPS) is 21.4. The van der Waals surface area contributed by atoms with Crippen LogP contribution in [0.5, 0.6) is 0 Å². The van der Waals surface area contributed by atoms with Gasteiger partial charge in [0.25, 0.3) is 0 Å². The molecule has 4 heteroatoms. The highest BCUT2D eigenvalue weighted by Crippen LogP contribution is 2.25. The lowest BCUT2D eigenvalue weighted by Gasteiger charge is -2.35. The minimum Gasteiger partial charge on any atom is -0.320 e. The molecule has 0 amide bonds. The molecular weight excluding hydrogens is 242 g/mol. The van der Waals surface area contributed by atoms with Gasteiger partial charge in [0.15, 0.2) is 0 Å². The van der Waals surface area contributed by atoms with Gasteiger partial charge in [0.05, 0.1) is 10.7 Å². The molecule has 1 aromatic rings. The highest BCUT2D eigenvalue weighted by atomic mass is 32.1. The highest BCUT2D eigenvalue weighted by Gasteiger charge is 2.23. The molecule has 0 aliphatic carbocycles. The molecule has 2 heterocycles. The first-order chi connectivity index (χ1) is 8.70. The maximum absolute atomic E-state index is 4.54. The largest absolute Gasteiger partial charge is 0.320 e. The summed E-state index contributed by atoms with van der Waals surface area (Å²) < 4.78 is 0. The van der Waals surface area contributed by atoms with E-state index < -0.39 is 0 Å². The molecule has 1 atom stereocenters. The first-order valence-electron chi connectivity index (χ1n) is 7.02. The van der Waals surface area contributed by atoms with Crippen LogP contribution in [0.1, 0.15) is 41.3 Å². The lowest BCUT2D eigenvalue weighted by Crippen LogP contribution is -2.40. The standard InChI is InChI=1S/C14H25N3S/c1-11-14(18-12(2)16-11)10-17-9-5-4-6-13(17)7-8-15-3/h13,15H,4-10H2,1-3H3. The number of piperidine rings is 1. The molecule has 0 radical (unpaired) electrons. The Morgan fingerprint density at radius 3 is 2.89 bits per heavy atom. The first kappa shape index (κ1) is 14.0. The fourth-order valence-corrected chi connectivity index (χ4v) is 3.77. The maximum atomic E-state index is 4.54. The quantitative estimate of drug-likeness (QED) is 0.889. The van der Waals surface area contributed by atoms with Crippen LogP contribution in [0.4, 0.5) is 0 Å². The third kappa shape index (κ3) is 3.53. The van der Waals surface area contributed by atoms with Crippen LogP contribution in [-0.4, -0.2) is 36.1 Å². The van der Waals surface area contributed by atoms with Gasteiger partial charge in [0.1, 0.15) is 0 Å². The van der Waals surface area contributed by atoms with Crippen molar-refractivity contribution in [3.05, 3.63) is 15.6 Å². The van der Waals surface area contributed by atoms with Crippen molar-refractivity contribution in [2.45, 2.75) is 52.1 Å². The molecule has 0 spiro atoms. The second kappa shape index (κ2) is 6.64. The van der Waals surface area contributed by atoms with Crippen molar-refractivity contribution in [3.8, 4) is 0 Å². The Labute approximate surface area is 115 Å². The van der Waals surface area contributed by atoms with Crippen molar-refractivity contribution in [1.29, 1.82) is 0 Å². The molecule has 0 bridgehead atoms. The van der Waals surface area contributed by atoms with Crippen molar-refractivity contribution in [3.63, 3.8) is 0 Å². The number of aromatic nitrogens is 1. The van der Waals surface area contributed by atoms with Crippen LogP contribution in [0.15, 0.2) is 0 Å². The zero-order chi connectivity index (χ0) is 13.0. The van der Waals surface area contributed by atoms with Gasteiger partial charge >= 0.3 is 0 Å². The van der Waals surface area contributed by atoms with E-state index in [1.54, 1.807) is 0 Å². The van der Waals surface area contributed by atoms with Gasteiger partial charge in [-0.3, -0.25) is 4.90 Å². The third-order valence-electron chi connectivity index (χ3n) is 3.82. The molecule has 3 nitrogen and oxygen atoms in total. The molecule has 0 aromatic carbocycles. The number of thiazole rings is 1. The predicted molar refractivity (Wildman–Crippen MR) is 78.2 cm³/mol. The molecule has 102 valence electrons. The summed E-state index contributed by atoms with van der Waals surface area (Å²) in [5, 5.41) is 4.48. The van der Waals surface area contributed by atoms with Gasteiger partial charge in [-0.15, -0.1) is 11.3 Å². The summed E-state index contributed by atoms with van der Waals surface area (Å²) in [6.07, 6.45) is 5.38. The Morgan fingerprint density at radius 1 is 1.39 bits per heavy atom. The number of aryl methyl sites for hydroxylation is 2.